The summed E-state index contributed by atoms with van der Waals surface area (Å²) in [6, 6.07) is 2.02. The molecule has 84 valence electrons. The van der Waals surface area contributed by atoms with Crippen LogP contribution in [-0.4, -0.2) is 21.3 Å². The third kappa shape index (κ3) is 2.59. The van der Waals surface area contributed by atoms with E-state index in [2.05, 4.69) is 44.9 Å². The highest BCUT2D eigenvalue weighted by Crippen LogP contribution is 2.13. The predicted octanol–water partition coefficient (Wildman–Crippen LogP) is 1.98. The van der Waals surface area contributed by atoms with Crippen molar-refractivity contribution in [3.8, 4) is 5.69 Å². The molecule has 0 unspecified atom stereocenters. The van der Waals surface area contributed by atoms with Crippen molar-refractivity contribution in [3.05, 3.63) is 40.0 Å². The van der Waals surface area contributed by atoms with E-state index >= 15 is 0 Å². The molecule has 0 aromatic carbocycles. The zero-order valence-electron chi connectivity index (χ0n) is 9.02. The highest BCUT2D eigenvalue weighted by molar-refractivity contribution is 14.1. The van der Waals surface area contributed by atoms with Gasteiger partial charge in [0, 0.05) is 18.9 Å². The van der Waals surface area contributed by atoms with Crippen molar-refractivity contribution >= 4 is 22.6 Å². The van der Waals surface area contributed by atoms with Crippen LogP contribution in [0.1, 0.15) is 12.5 Å². The van der Waals surface area contributed by atoms with Gasteiger partial charge in [0.15, 0.2) is 0 Å². The van der Waals surface area contributed by atoms with Gasteiger partial charge >= 0.3 is 0 Å². The van der Waals surface area contributed by atoms with Crippen molar-refractivity contribution < 1.29 is 0 Å². The Morgan fingerprint density at radius 3 is 3.00 bits per heavy atom. The fourth-order valence-electron chi connectivity index (χ4n) is 1.46. The molecule has 0 fully saturated rings. The summed E-state index contributed by atoms with van der Waals surface area (Å²) in [5.41, 5.74) is 2.24. The third-order valence-corrected chi connectivity index (χ3v) is 2.81. The normalized spacial score (nSPS) is 10.6. The van der Waals surface area contributed by atoms with Crippen LogP contribution < -0.4 is 5.32 Å². The number of nitrogens with zero attached hydrogens (tertiary/aromatic N) is 3. The Bertz CT molecular complexity index is 467. The lowest BCUT2D eigenvalue weighted by Gasteiger charge is -2.08. The van der Waals surface area contributed by atoms with Crippen LogP contribution in [0.5, 0.6) is 0 Å². The summed E-state index contributed by atoms with van der Waals surface area (Å²) in [7, 11) is 0. The van der Waals surface area contributed by atoms with Crippen molar-refractivity contribution in [2.45, 2.75) is 13.5 Å². The van der Waals surface area contributed by atoms with Gasteiger partial charge < -0.3 is 5.32 Å². The molecule has 1 N–H and O–H groups in total. The molecule has 2 rings (SSSR count). The van der Waals surface area contributed by atoms with E-state index < -0.39 is 0 Å². The lowest BCUT2D eigenvalue weighted by atomic mass is 10.2. The van der Waals surface area contributed by atoms with Gasteiger partial charge in [-0.15, -0.1) is 0 Å². The molecule has 0 saturated carbocycles. The molecule has 4 nitrogen and oxygen atoms in total. The molecule has 0 amide bonds. The molecule has 0 radical (unpaired) electrons. The van der Waals surface area contributed by atoms with Crippen molar-refractivity contribution in [3.63, 3.8) is 0 Å². The molecule has 16 heavy (non-hydrogen) atoms. The fourth-order valence-corrected chi connectivity index (χ4v) is 1.85. The summed E-state index contributed by atoms with van der Waals surface area (Å²) in [5, 5.41) is 7.61. The lowest BCUT2D eigenvalue weighted by Crippen LogP contribution is -2.14. The van der Waals surface area contributed by atoms with E-state index in [0.29, 0.717) is 0 Å². The quantitative estimate of drug-likeness (QED) is 0.873. The van der Waals surface area contributed by atoms with Gasteiger partial charge in [0.2, 0.25) is 0 Å². The number of nitrogens with one attached hydrogen (secondary N) is 1. The Balaban J connectivity index is 2.32. The lowest BCUT2D eigenvalue weighted by molar-refractivity contribution is 0.715. The Morgan fingerprint density at radius 1 is 1.44 bits per heavy atom. The van der Waals surface area contributed by atoms with Crippen LogP contribution in [0.25, 0.3) is 5.69 Å². The second kappa shape index (κ2) is 5.40. The summed E-state index contributed by atoms with van der Waals surface area (Å²) >= 11 is 2.25. The Labute approximate surface area is 108 Å². The van der Waals surface area contributed by atoms with Crippen molar-refractivity contribution in [2.24, 2.45) is 0 Å². The maximum atomic E-state index is 4.30. The highest BCUT2D eigenvalue weighted by Gasteiger charge is 2.05. The van der Waals surface area contributed by atoms with Gasteiger partial charge in [0.05, 0.1) is 21.7 Å². The predicted molar refractivity (Wildman–Crippen MR) is 71.5 cm³/mol. The zero-order chi connectivity index (χ0) is 11.4. The van der Waals surface area contributed by atoms with Crippen molar-refractivity contribution in [2.75, 3.05) is 6.54 Å². The fraction of sp³-hybridized carbons (Fsp3) is 0.273. The van der Waals surface area contributed by atoms with Crippen LogP contribution in [0.3, 0.4) is 0 Å². The minimum Gasteiger partial charge on any atom is -0.313 e. The van der Waals surface area contributed by atoms with Gasteiger partial charge in [-0.2, -0.15) is 5.10 Å². The molecule has 0 aliphatic carbocycles. The van der Waals surface area contributed by atoms with Gasteiger partial charge in [0.1, 0.15) is 0 Å². The first kappa shape index (κ1) is 11.5. The summed E-state index contributed by atoms with van der Waals surface area (Å²) in [6.45, 7) is 3.89. The molecule has 5 heteroatoms. The molecule has 2 heterocycles. The summed E-state index contributed by atoms with van der Waals surface area (Å²) in [4.78, 5) is 4.15. The molecule has 2 aromatic heterocycles. The van der Waals surface area contributed by atoms with Crippen LogP contribution in [-0.2, 0) is 6.54 Å². The SMILES string of the molecule is CCNCc1ccncc1-n1cc(I)cn1. The first-order chi connectivity index (χ1) is 7.81. The summed E-state index contributed by atoms with van der Waals surface area (Å²) < 4.78 is 2.98. The van der Waals surface area contributed by atoms with E-state index in [0.717, 1.165) is 22.3 Å². The smallest absolute Gasteiger partial charge is 0.0874 e. The van der Waals surface area contributed by atoms with E-state index in [-0.39, 0.29) is 0 Å². The molecule has 0 aliphatic rings. The standard InChI is InChI=1S/C11H13IN4/c1-2-13-5-9-3-4-14-7-11(9)16-8-10(12)6-15-16/h3-4,6-8,13H,2,5H2,1H3. The van der Waals surface area contributed by atoms with E-state index in [4.69, 9.17) is 0 Å². The molecule has 0 saturated heterocycles. The minimum atomic E-state index is 0.838. The Kier molecular flexibility index (Phi) is 3.89. The van der Waals surface area contributed by atoms with E-state index in [1.807, 2.05) is 35.5 Å². The zero-order valence-corrected chi connectivity index (χ0v) is 11.2. The number of hydrogen-bond acceptors (Lipinski definition) is 3. The molecule has 0 aliphatic heterocycles. The number of rotatable bonds is 4. The molecular formula is C11H13IN4. The van der Waals surface area contributed by atoms with Crippen LogP contribution >= 0.6 is 22.6 Å². The molecule has 2 aromatic rings. The Hall–Kier alpha value is -0.950. The van der Waals surface area contributed by atoms with Gasteiger partial charge in [-0.05, 0) is 40.8 Å². The summed E-state index contributed by atoms with van der Waals surface area (Å²) in [5.74, 6) is 0. The minimum absolute atomic E-state index is 0.838. The average molecular weight is 328 g/mol. The second-order valence-electron chi connectivity index (χ2n) is 3.39. The van der Waals surface area contributed by atoms with E-state index in [1.54, 1.807) is 0 Å². The molecule has 0 spiro atoms. The van der Waals surface area contributed by atoms with Crippen LogP contribution in [0.15, 0.2) is 30.9 Å². The van der Waals surface area contributed by atoms with Gasteiger partial charge in [-0.1, -0.05) is 6.92 Å². The molecule has 0 bridgehead atoms. The van der Waals surface area contributed by atoms with Crippen molar-refractivity contribution in [1.29, 1.82) is 0 Å². The van der Waals surface area contributed by atoms with Crippen LogP contribution in [0.2, 0.25) is 0 Å². The number of hydrogen-bond donors (Lipinski definition) is 1. The first-order valence-electron chi connectivity index (χ1n) is 5.15. The van der Waals surface area contributed by atoms with Gasteiger partial charge in [-0.25, -0.2) is 4.68 Å². The maximum absolute atomic E-state index is 4.30. The van der Waals surface area contributed by atoms with Crippen molar-refractivity contribution in [1.82, 2.24) is 20.1 Å². The monoisotopic (exact) mass is 328 g/mol. The van der Waals surface area contributed by atoms with Crippen LogP contribution in [0, 0.1) is 3.57 Å². The number of halogens is 1. The first-order valence-corrected chi connectivity index (χ1v) is 6.23. The molecular weight excluding hydrogens is 315 g/mol. The number of pyridine rings is 1. The Morgan fingerprint density at radius 2 is 2.31 bits per heavy atom. The molecule has 0 atom stereocenters. The highest BCUT2D eigenvalue weighted by atomic mass is 127. The van der Waals surface area contributed by atoms with Gasteiger partial charge in [0.25, 0.3) is 0 Å². The number of aromatic nitrogens is 3. The van der Waals surface area contributed by atoms with Crippen LogP contribution in [0.4, 0.5) is 0 Å². The average Bonchev–Trinajstić information content (AvgIpc) is 2.73. The third-order valence-electron chi connectivity index (χ3n) is 2.25. The maximum Gasteiger partial charge on any atom is 0.0874 e. The van der Waals surface area contributed by atoms with E-state index in [9.17, 15) is 0 Å². The second-order valence-corrected chi connectivity index (χ2v) is 4.63. The summed E-state index contributed by atoms with van der Waals surface area (Å²) in [6.07, 6.45) is 7.48. The van der Waals surface area contributed by atoms with E-state index in [1.165, 1.54) is 5.56 Å². The topological polar surface area (TPSA) is 42.7 Å². The van der Waals surface area contributed by atoms with Gasteiger partial charge in [-0.3, -0.25) is 4.98 Å². The largest absolute Gasteiger partial charge is 0.313 e.